The smallest absolute Gasteiger partial charge is 0.338 e. The number of anilines is 1. The molecule has 0 bridgehead atoms. The fourth-order valence-corrected chi connectivity index (χ4v) is 2.19. The number of hydrogen-bond acceptors (Lipinski definition) is 4. The van der Waals surface area contributed by atoms with Crippen LogP contribution in [-0.2, 0) is 11.3 Å². The lowest BCUT2D eigenvalue weighted by molar-refractivity contribution is 0.0473. The van der Waals surface area contributed by atoms with Crippen LogP contribution in [0.5, 0.6) is 0 Å². The predicted molar refractivity (Wildman–Crippen MR) is 69.0 cm³/mol. The summed E-state index contributed by atoms with van der Waals surface area (Å²) in [5, 5.41) is 3.91. The second-order valence-electron chi connectivity index (χ2n) is 3.84. The van der Waals surface area contributed by atoms with Crippen molar-refractivity contribution in [2.24, 2.45) is 0 Å². The van der Waals surface area contributed by atoms with Crippen LogP contribution >= 0.6 is 11.3 Å². The van der Waals surface area contributed by atoms with E-state index in [0.717, 1.165) is 11.1 Å². The van der Waals surface area contributed by atoms with Crippen LogP contribution in [0.25, 0.3) is 0 Å². The summed E-state index contributed by atoms with van der Waals surface area (Å²) in [5.74, 6) is -0.341. The van der Waals surface area contributed by atoms with Crippen LogP contribution in [-0.4, -0.2) is 5.97 Å². The van der Waals surface area contributed by atoms with Gasteiger partial charge >= 0.3 is 5.97 Å². The van der Waals surface area contributed by atoms with Gasteiger partial charge in [-0.1, -0.05) is 0 Å². The number of nitrogens with two attached hydrogens (primary N) is 1. The van der Waals surface area contributed by atoms with E-state index in [0.29, 0.717) is 17.9 Å². The number of thiophene rings is 1. The fourth-order valence-electron chi connectivity index (χ4n) is 1.54. The minimum Gasteiger partial charge on any atom is -0.457 e. The van der Waals surface area contributed by atoms with Crippen molar-refractivity contribution in [2.45, 2.75) is 13.5 Å². The summed E-state index contributed by atoms with van der Waals surface area (Å²) < 4.78 is 5.19. The Balaban J connectivity index is 2.04. The maximum absolute atomic E-state index is 11.8. The summed E-state index contributed by atoms with van der Waals surface area (Å²) >= 11 is 1.58. The minimum absolute atomic E-state index is 0.302. The van der Waals surface area contributed by atoms with Gasteiger partial charge in [0.25, 0.3) is 0 Å². The molecule has 0 unspecified atom stereocenters. The quantitative estimate of drug-likeness (QED) is 0.670. The summed E-state index contributed by atoms with van der Waals surface area (Å²) in [6.45, 7) is 2.20. The minimum atomic E-state index is -0.341. The van der Waals surface area contributed by atoms with Gasteiger partial charge < -0.3 is 10.5 Å². The Morgan fingerprint density at radius 2 is 2.24 bits per heavy atom. The molecule has 2 N–H and O–H groups in total. The molecule has 0 fully saturated rings. The van der Waals surface area contributed by atoms with Gasteiger partial charge in [0.15, 0.2) is 0 Å². The molecule has 0 radical (unpaired) electrons. The van der Waals surface area contributed by atoms with Gasteiger partial charge in [0.05, 0.1) is 5.56 Å². The Morgan fingerprint density at radius 3 is 2.88 bits per heavy atom. The van der Waals surface area contributed by atoms with Gasteiger partial charge in [0, 0.05) is 11.3 Å². The van der Waals surface area contributed by atoms with Crippen LogP contribution in [0, 0.1) is 6.92 Å². The number of carbonyl (C=O) groups excluding carboxylic acids is 1. The molecule has 1 heterocycles. The Labute approximate surface area is 104 Å². The number of ether oxygens (including phenoxy) is 1. The van der Waals surface area contributed by atoms with Crippen LogP contribution in [0.3, 0.4) is 0 Å². The van der Waals surface area contributed by atoms with E-state index >= 15 is 0 Å². The van der Waals surface area contributed by atoms with Crippen LogP contribution < -0.4 is 5.73 Å². The van der Waals surface area contributed by atoms with E-state index in [4.69, 9.17) is 10.5 Å². The number of aryl methyl sites for hydroxylation is 1. The normalized spacial score (nSPS) is 10.2. The zero-order valence-electron chi connectivity index (χ0n) is 9.47. The van der Waals surface area contributed by atoms with Gasteiger partial charge in [-0.25, -0.2) is 4.79 Å². The lowest BCUT2D eigenvalue weighted by atomic mass is 10.1. The largest absolute Gasteiger partial charge is 0.457 e. The molecule has 1 aromatic heterocycles. The van der Waals surface area contributed by atoms with Crippen LogP contribution in [0.15, 0.2) is 35.0 Å². The van der Waals surface area contributed by atoms with E-state index in [2.05, 4.69) is 0 Å². The average molecular weight is 247 g/mol. The van der Waals surface area contributed by atoms with Crippen molar-refractivity contribution in [3.05, 3.63) is 51.7 Å². The molecule has 0 spiro atoms. The predicted octanol–water partition coefficient (Wildman–Crippen LogP) is 3.00. The van der Waals surface area contributed by atoms with E-state index in [9.17, 15) is 4.79 Å². The molecule has 0 amide bonds. The summed E-state index contributed by atoms with van der Waals surface area (Å²) in [5.41, 5.74) is 8.71. The van der Waals surface area contributed by atoms with Gasteiger partial charge in [-0.3, -0.25) is 0 Å². The third kappa shape index (κ3) is 3.07. The van der Waals surface area contributed by atoms with Gasteiger partial charge in [-0.05, 0) is 47.5 Å². The first-order chi connectivity index (χ1) is 8.15. The third-order valence-corrected chi connectivity index (χ3v) is 3.02. The molecule has 2 aromatic rings. The van der Waals surface area contributed by atoms with Gasteiger partial charge in [0.1, 0.15) is 6.61 Å². The number of benzene rings is 1. The highest BCUT2D eigenvalue weighted by Gasteiger charge is 2.08. The summed E-state index contributed by atoms with van der Waals surface area (Å²) in [7, 11) is 0. The topological polar surface area (TPSA) is 52.3 Å². The Hall–Kier alpha value is -1.81. The molecule has 3 nitrogen and oxygen atoms in total. The highest BCUT2D eigenvalue weighted by molar-refractivity contribution is 7.07. The molecule has 88 valence electrons. The van der Waals surface area contributed by atoms with Gasteiger partial charge in [-0.2, -0.15) is 11.3 Å². The lowest BCUT2D eigenvalue weighted by Gasteiger charge is -2.05. The van der Waals surface area contributed by atoms with Crippen LogP contribution in [0.1, 0.15) is 21.5 Å². The third-order valence-electron chi connectivity index (χ3n) is 2.29. The highest BCUT2D eigenvalue weighted by atomic mass is 32.1. The van der Waals surface area contributed by atoms with Crippen molar-refractivity contribution < 1.29 is 9.53 Å². The summed E-state index contributed by atoms with van der Waals surface area (Å²) in [4.78, 5) is 11.8. The molecule has 0 atom stereocenters. The number of rotatable bonds is 3. The standard InChI is InChI=1S/C13H13NO2S/c1-9-4-11(6-12(14)5-9)13(15)16-7-10-2-3-17-8-10/h2-6,8H,7,14H2,1H3. The van der Waals surface area contributed by atoms with Crippen molar-refractivity contribution in [2.75, 3.05) is 5.73 Å². The highest BCUT2D eigenvalue weighted by Crippen LogP contribution is 2.14. The summed E-state index contributed by atoms with van der Waals surface area (Å²) in [6, 6.07) is 7.15. The monoisotopic (exact) mass is 247 g/mol. The number of esters is 1. The number of carbonyl (C=O) groups is 1. The molecule has 1 aromatic carbocycles. The molecular formula is C13H13NO2S. The Bertz CT molecular complexity index is 500. The maximum Gasteiger partial charge on any atom is 0.338 e. The molecule has 4 heteroatoms. The maximum atomic E-state index is 11.8. The molecule has 0 saturated carbocycles. The van der Waals surface area contributed by atoms with E-state index < -0.39 is 0 Å². The fraction of sp³-hybridized carbons (Fsp3) is 0.154. The lowest BCUT2D eigenvalue weighted by Crippen LogP contribution is -2.06. The average Bonchev–Trinajstić information content (AvgIpc) is 2.77. The number of nitrogen functional groups attached to an aromatic ring is 1. The SMILES string of the molecule is Cc1cc(N)cc(C(=O)OCc2ccsc2)c1. The zero-order valence-corrected chi connectivity index (χ0v) is 10.3. The molecule has 0 aliphatic rings. The van der Waals surface area contributed by atoms with E-state index in [-0.39, 0.29) is 5.97 Å². The first kappa shape index (κ1) is 11.7. The second kappa shape index (κ2) is 5.01. The first-order valence-electron chi connectivity index (χ1n) is 5.20. The van der Waals surface area contributed by atoms with Crippen molar-refractivity contribution in [1.29, 1.82) is 0 Å². The van der Waals surface area contributed by atoms with Crippen molar-refractivity contribution in [3.63, 3.8) is 0 Å². The van der Waals surface area contributed by atoms with Crippen molar-refractivity contribution in [3.8, 4) is 0 Å². The Kier molecular flexibility index (Phi) is 3.44. The number of hydrogen-bond donors (Lipinski definition) is 1. The first-order valence-corrected chi connectivity index (χ1v) is 6.15. The van der Waals surface area contributed by atoms with Gasteiger partial charge in [-0.15, -0.1) is 0 Å². The van der Waals surface area contributed by atoms with Crippen molar-refractivity contribution in [1.82, 2.24) is 0 Å². The van der Waals surface area contributed by atoms with Crippen molar-refractivity contribution >= 4 is 23.0 Å². The van der Waals surface area contributed by atoms with E-state index in [1.54, 1.807) is 23.5 Å². The molecule has 0 aliphatic carbocycles. The van der Waals surface area contributed by atoms with E-state index in [1.807, 2.05) is 29.8 Å². The molecule has 2 rings (SSSR count). The molecular weight excluding hydrogens is 234 g/mol. The molecule has 0 saturated heterocycles. The summed E-state index contributed by atoms with van der Waals surface area (Å²) in [6.07, 6.45) is 0. The Morgan fingerprint density at radius 1 is 1.41 bits per heavy atom. The molecule has 0 aliphatic heterocycles. The second-order valence-corrected chi connectivity index (χ2v) is 4.62. The zero-order chi connectivity index (χ0) is 12.3. The van der Waals surface area contributed by atoms with Gasteiger partial charge in [0.2, 0.25) is 0 Å². The van der Waals surface area contributed by atoms with Crippen LogP contribution in [0.2, 0.25) is 0 Å². The molecule has 17 heavy (non-hydrogen) atoms. The van der Waals surface area contributed by atoms with Crippen LogP contribution in [0.4, 0.5) is 5.69 Å². The van der Waals surface area contributed by atoms with E-state index in [1.165, 1.54) is 0 Å².